The maximum absolute atomic E-state index is 5.58. The van der Waals surface area contributed by atoms with E-state index in [0.717, 1.165) is 36.6 Å². The molecule has 0 aliphatic rings. The summed E-state index contributed by atoms with van der Waals surface area (Å²) in [5.74, 6) is 1.49. The molecule has 1 aromatic carbocycles. The van der Waals surface area contributed by atoms with Gasteiger partial charge in [0.05, 0.1) is 12.2 Å². The Bertz CT molecular complexity index is 679. The smallest absolute Gasteiger partial charge is 0.226 e. The van der Waals surface area contributed by atoms with Crippen molar-refractivity contribution in [3.05, 3.63) is 54.4 Å². The minimum absolute atomic E-state index is 0. The fraction of sp³-hybridized carbons (Fsp3) is 0.368. The van der Waals surface area contributed by atoms with Gasteiger partial charge >= 0.3 is 0 Å². The van der Waals surface area contributed by atoms with Crippen LogP contribution in [0.1, 0.15) is 24.1 Å². The third-order valence-electron chi connectivity index (χ3n) is 3.75. The third-order valence-corrected chi connectivity index (χ3v) is 3.75. The van der Waals surface area contributed by atoms with Crippen molar-refractivity contribution in [1.29, 1.82) is 0 Å². The molecular weight excluding hydrogens is 427 g/mol. The predicted octanol–water partition coefficient (Wildman–Crippen LogP) is 4.24. The second-order valence-corrected chi connectivity index (χ2v) is 5.76. The summed E-state index contributed by atoms with van der Waals surface area (Å²) in [6.45, 7) is 7.32. The SMILES string of the molecule is C=CCCCN(C)C(=NC)NCc1coc(-c2ccc(C)cc2)n1.I. The number of nitrogens with zero attached hydrogens (tertiary/aromatic N) is 3. The van der Waals surface area contributed by atoms with E-state index in [2.05, 4.69) is 45.8 Å². The van der Waals surface area contributed by atoms with Gasteiger partial charge < -0.3 is 14.6 Å². The summed E-state index contributed by atoms with van der Waals surface area (Å²) in [4.78, 5) is 10.9. The molecule has 136 valence electrons. The second kappa shape index (κ2) is 10.9. The van der Waals surface area contributed by atoms with E-state index in [4.69, 9.17) is 4.42 Å². The van der Waals surface area contributed by atoms with Crippen LogP contribution in [0, 0.1) is 6.92 Å². The molecule has 0 radical (unpaired) electrons. The van der Waals surface area contributed by atoms with E-state index in [1.165, 1.54) is 5.56 Å². The summed E-state index contributed by atoms with van der Waals surface area (Å²) in [5.41, 5.74) is 3.06. The normalized spacial score (nSPS) is 10.9. The molecule has 0 aliphatic heterocycles. The van der Waals surface area contributed by atoms with Crippen LogP contribution in [0.25, 0.3) is 11.5 Å². The van der Waals surface area contributed by atoms with E-state index < -0.39 is 0 Å². The monoisotopic (exact) mass is 454 g/mol. The molecule has 0 bridgehead atoms. The van der Waals surface area contributed by atoms with Crippen LogP contribution in [0.5, 0.6) is 0 Å². The average Bonchev–Trinajstić information content (AvgIpc) is 3.05. The number of rotatable bonds is 7. The molecule has 6 heteroatoms. The molecule has 0 unspecified atom stereocenters. The van der Waals surface area contributed by atoms with Crippen molar-refractivity contribution in [2.75, 3.05) is 20.6 Å². The van der Waals surface area contributed by atoms with Gasteiger partial charge in [-0.3, -0.25) is 4.99 Å². The van der Waals surface area contributed by atoms with Gasteiger partial charge in [-0.15, -0.1) is 30.6 Å². The summed E-state index contributed by atoms with van der Waals surface area (Å²) in [5, 5.41) is 3.31. The summed E-state index contributed by atoms with van der Waals surface area (Å²) in [7, 11) is 3.81. The van der Waals surface area contributed by atoms with Gasteiger partial charge in [-0.1, -0.05) is 23.8 Å². The van der Waals surface area contributed by atoms with Crippen LogP contribution in [0.15, 0.2) is 52.6 Å². The lowest BCUT2D eigenvalue weighted by Crippen LogP contribution is -2.39. The number of nitrogens with one attached hydrogen (secondary N) is 1. The molecule has 0 saturated carbocycles. The number of guanidine groups is 1. The molecule has 1 aromatic heterocycles. The van der Waals surface area contributed by atoms with Gasteiger partial charge in [0.25, 0.3) is 0 Å². The molecule has 0 saturated heterocycles. The van der Waals surface area contributed by atoms with Crippen molar-refractivity contribution in [3.63, 3.8) is 0 Å². The molecule has 0 fully saturated rings. The van der Waals surface area contributed by atoms with Crippen LogP contribution in [0.3, 0.4) is 0 Å². The van der Waals surface area contributed by atoms with E-state index in [1.54, 1.807) is 13.3 Å². The topological polar surface area (TPSA) is 53.7 Å². The number of unbranched alkanes of at least 4 members (excludes halogenated alkanes) is 1. The molecule has 1 heterocycles. The molecule has 0 aliphatic carbocycles. The number of hydrogen-bond donors (Lipinski definition) is 1. The minimum Gasteiger partial charge on any atom is -0.444 e. The quantitative estimate of drug-likeness (QED) is 0.224. The van der Waals surface area contributed by atoms with E-state index in [-0.39, 0.29) is 24.0 Å². The lowest BCUT2D eigenvalue weighted by atomic mass is 10.1. The fourth-order valence-corrected chi connectivity index (χ4v) is 2.35. The Balaban J connectivity index is 0.00000312. The molecule has 2 aromatic rings. The summed E-state index contributed by atoms with van der Waals surface area (Å²) in [6, 6.07) is 8.14. The Kier molecular flexibility index (Phi) is 9.26. The van der Waals surface area contributed by atoms with Gasteiger partial charge in [0.15, 0.2) is 5.96 Å². The fourth-order valence-electron chi connectivity index (χ4n) is 2.35. The Hall–Kier alpha value is -1.83. The number of aromatic nitrogens is 1. The molecule has 25 heavy (non-hydrogen) atoms. The molecule has 0 atom stereocenters. The van der Waals surface area contributed by atoms with Crippen molar-refractivity contribution in [2.24, 2.45) is 4.99 Å². The zero-order chi connectivity index (χ0) is 17.4. The largest absolute Gasteiger partial charge is 0.444 e. The summed E-state index contributed by atoms with van der Waals surface area (Å²) >= 11 is 0. The summed E-state index contributed by atoms with van der Waals surface area (Å²) < 4.78 is 5.58. The third kappa shape index (κ3) is 6.53. The first-order valence-electron chi connectivity index (χ1n) is 8.18. The van der Waals surface area contributed by atoms with Crippen LogP contribution in [-0.4, -0.2) is 36.5 Å². The van der Waals surface area contributed by atoms with Gasteiger partial charge in [0, 0.05) is 26.2 Å². The molecular formula is C19H27IN4O. The number of oxazole rings is 1. The number of allylic oxidation sites excluding steroid dienone is 1. The van der Waals surface area contributed by atoms with Crippen LogP contribution in [-0.2, 0) is 6.54 Å². The van der Waals surface area contributed by atoms with Gasteiger partial charge in [-0.05, 0) is 31.9 Å². The first-order valence-corrected chi connectivity index (χ1v) is 8.18. The van der Waals surface area contributed by atoms with Gasteiger partial charge in [-0.2, -0.15) is 0 Å². The first-order chi connectivity index (χ1) is 11.6. The van der Waals surface area contributed by atoms with E-state index in [0.29, 0.717) is 12.4 Å². The summed E-state index contributed by atoms with van der Waals surface area (Å²) in [6.07, 6.45) is 5.69. The number of aryl methyl sites for hydroxylation is 1. The molecule has 0 spiro atoms. The van der Waals surface area contributed by atoms with E-state index >= 15 is 0 Å². The molecule has 0 amide bonds. The minimum atomic E-state index is 0. The standard InChI is InChI=1S/C19H26N4O.HI/c1-5-6-7-12-23(4)19(20-3)21-13-17-14-24-18(22-17)16-10-8-15(2)9-11-16;/h5,8-11,14H,1,6-7,12-13H2,2-4H3,(H,20,21);1H. The lowest BCUT2D eigenvalue weighted by molar-refractivity contribution is 0.469. The van der Waals surface area contributed by atoms with Crippen molar-refractivity contribution in [2.45, 2.75) is 26.3 Å². The van der Waals surface area contributed by atoms with E-state index in [9.17, 15) is 0 Å². The zero-order valence-electron chi connectivity index (χ0n) is 15.2. The molecule has 1 N–H and O–H groups in total. The number of aliphatic imine (C=N–C) groups is 1. The first kappa shape index (κ1) is 21.2. The highest BCUT2D eigenvalue weighted by atomic mass is 127. The van der Waals surface area contributed by atoms with E-state index in [1.807, 2.05) is 25.3 Å². The Labute approximate surface area is 167 Å². The van der Waals surface area contributed by atoms with Gasteiger partial charge in [0.1, 0.15) is 6.26 Å². The number of halogens is 1. The number of benzene rings is 1. The van der Waals surface area contributed by atoms with Crippen LogP contribution in [0.2, 0.25) is 0 Å². The van der Waals surface area contributed by atoms with Crippen molar-refractivity contribution in [3.8, 4) is 11.5 Å². The Morgan fingerprint density at radius 2 is 2.08 bits per heavy atom. The molecule has 5 nitrogen and oxygen atoms in total. The Morgan fingerprint density at radius 1 is 1.36 bits per heavy atom. The van der Waals surface area contributed by atoms with Crippen LogP contribution in [0.4, 0.5) is 0 Å². The number of hydrogen-bond acceptors (Lipinski definition) is 3. The molecule has 2 rings (SSSR count). The maximum Gasteiger partial charge on any atom is 0.226 e. The second-order valence-electron chi connectivity index (χ2n) is 5.76. The van der Waals surface area contributed by atoms with Crippen molar-refractivity contribution < 1.29 is 4.42 Å². The average molecular weight is 454 g/mol. The van der Waals surface area contributed by atoms with Gasteiger partial charge in [0.2, 0.25) is 5.89 Å². The lowest BCUT2D eigenvalue weighted by Gasteiger charge is -2.21. The highest BCUT2D eigenvalue weighted by Crippen LogP contribution is 2.19. The predicted molar refractivity (Wildman–Crippen MR) is 114 cm³/mol. The van der Waals surface area contributed by atoms with Crippen molar-refractivity contribution >= 4 is 29.9 Å². The van der Waals surface area contributed by atoms with Gasteiger partial charge in [-0.25, -0.2) is 4.98 Å². The van der Waals surface area contributed by atoms with Crippen LogP contribution < -0.4 is 5.32 Å². The highest BCUT2D eigenvalue weighted by Gasteiger charge is 2.09. The zero-order valence-corrected chi connectivity index (χ0v) is 17.5. The van der Waals surface area contributed by atoms with Crippen LogP contribution >= 0.6 is 24.0 Å². The Morgan fingerprint density at radius 3 is 2.72 bits per heavy atom. The van der Waals surface area contributed by atoms with Crippen molar-refractivity contribution in [1.82, 2.24) is 15.2 Å². The highest BCUT2D eigenvalue weighted by molar-refractivity contribution is 14.0. The maximum atomic E-state index is 5.58.